The Balaban J connectivity index is 2.01. The van der Waals surface area contributed by atoms with Gasteiger partial charge < -0.3 is 11.1 Å². The third-order valence-electron chi connectivity index (χ3n) is 2.90. The zero-order valence-corrected chi connectivity index (χ0v) is 10.9. The quantitative estimate of drug-likeness (QED) is 0.768. The van der Waals surface area contributed by atoms with Crippen molar-refractivity contribution in [3.05, 3.63) is 36.5 Å². The Morgan fingerprint density at radius 3 is 2.68 bits per heavy atom. The first-order valence-electron chi connectivity index (χ1n) is 6.37. The second-order valence-corrected chi connectivity index (χ2v) is 4.43. The molecule has 0 saturated carbocycles. The minimum absolute atomic E-state index is 0.142. The van der Waals surface area contributed by atoms with Crippen molar-refractivity contribution >= 4 is 11.6 Å². The van der Waals surface area contributed by atoms with Crippen molar-refractivity contribution in [1.82, 2.24) is 10.2 Å². The number of aromatic nitrogens is 2. The number of hydrogen-bond donors (Lipinski definition) is 3. The Morgan fingerprint density at radius 2 is 2.11 bits per heavy atom. The van der Waals surface area contributed by atoms with E-state index in [1.807, 2.05) is 37.3 Å². The Bertz CT molecular complexity index is 519. The topological polar surface area (TPSA) is 83.8 Å². The van der Waals surface area contributed by atoms with Crippen LogP contribution >= 0.6 is 0 Å². The van der Waals surface area contributed by atoms with Crippen LogP contribution in [0.5, 0.6) is 0 Å². The van der Waals surface area contributed by atoms with E-state index in [1.54, 1.807) is 6.20 Å². The van der Waals surface area contributed by atoms with Crippen molar-refractivity contribution in [2.75, 3.05) is 5.32 Å². The molecule has 19 heavy (non-hydrogen) atoms. The zero-order valence-electron chi connectivity index (χ0n) is 10.9. The van der Waals surface area contributed by atoms with Gasteiger partial charge in [0.05, 0.1) is 11.7 Å². The third-order valence-corrected chi connectivity index (χ3v) is 2.90. The van der Waals surface area contributed by atoms with Gasteiger partial charge in [-0.15, -0.1) is 0 Å². The molecule has 0 aliphatic heterocycles. The average molecular weight is 258 g/mol. The van der Waals surface area contributed by atoms with E-state index in [2.05, 4.69) is 15.5 Å². The molecule has 0 aliphatic rings. The molecule has 0 bridgehead atoms. The standard InChI is InChI=1S/C14H18N4O/c1-2-3-12(15)14(19)17-11-6-4-10(5-7-11)13-8-9-16-18-13/h4-9,12H,2-3,15H2,1H3,(H,16,18)(H,17,19)/t12-/m0/s1. The van der Waals surface area contributed by atoms with Crippen molar-refractivity contribution in [2.45, 2.75) is 25.8 Å². The number of hydrogen-bond acceptors (Lipinski definition) is 3. The molecule has 1 amide bonds. The number of nitrogens with two attached hydrogens (primary N) is 1. The van der Waals surface area contributed by atoms with Crippen LogP contribution < -0.4 is 11.1 Å². The van der Waals surface area contributed by atoms with E-state index >= 15 is 0 Å². The summed E-state index contributed by atoms with van der Waals surface area (Å²) in [5, 5.41) is 9.60. The second-order valence-electron chi connectivity index (χ2n) is 4.43. The molecular weight excluding hydrogens is 240 g/mol. The van der Waals surface area contributed by atoms with Crippen LogP contribution in [-0.4, -0.2) is 22.1 Å². The fraction of sp³-hybridized carbons (Fsp3) is 0.286. The highest BCUT2D eigenvalue weighted by Crippen LogP contribution is 2.18. The first-order chi connectivity index (χ1) is 9.20. The van der Waals surface area contributed by atoms with Gasteiger partial charge in [-0.3, -0.25) is 9.89 Å². The molecule has 2 aromatic rings. The van der Waals surface area contributed by atoms with Gasteiger partial charge in [0.1, 0.15) is 0 Å². The summed E-state index contributed by atoms with van der Waals surface area (Å²) in [5.74, 6) is -0.142. The molecular formula is C14H18N4O. The first-order valence-corrected chi connectivity index (χ1v) is 6.37. The van der Waals surface area contributed by atoms with Gasteiger partial charge in [0.2, 0.25) is 5.91 Å². The molecule has 1 atom stereocenters. The zero-order chi connectivity index (χ0) is 13.7. The number of amides is 1. The summed E-state index contributed by atoms with van der Waals surface area (Å²) in [7, 11) is 0. The van der Waals surface area contributed by atoms with Gasteiger partial charge >= 0.3 is 0 Å². The highest BCUT2D eigenvalue weighted by Gasteiger charge is 2.12. The number of anilines is 1. The van der Waals surface area contributed by atoms with E-state index in [1.165, 1.54) is 0 Å². The number of rotatable bonds is 5. The Hall–Kier alpha value is -2.14. The van der Waals surface area contributed by atoms with E-state index in [-0.39, 0.29) is 5.91 Å². The lowest BCUT2D eigenvalue weighted by atomic mass is 10.1. The van der Waals surface area contributed by atoms with Crippen LogP contribution in [0.25, 0.3) is 11.3 Å². The molecule has 0 unspecified atom stereocenters. The highest BCUT2D eigenvalue weighted by molar-refractivity contribution is 5.94. The summed E-state index contributed by atoms with van der Waals surface area (Å²) >= 11 is 0. The molecule has 5 heteroatoms. The first kappa shape index (κ1) is 13.3. The maximum Gasteiger partial charge on any atom is 0.241 e. The van der Waals surface area contributed by atoms with Crippen LogP contribution in [0.1, 0.15) is 19.8 Å². The van der Waals surface area contributed by atoms with Gasteiger partial charge in [-0.2, -0.15) is 5.10 Å². The fourth-order valence-corrected chi connectivity index (χ4v) is 1.83. The molecule has 1 heterocycles. The smallest absolute Gasteiger partial charge is 0.241 e. The van der Waals surface area contributed by atoms with Crippen molar-refractivity contribution in [2.24, 2.45) is 5.73 Å². The SMILES string of the molecule is CCC[C@H](N)C(=O)Nc1ccc(-c2ccn[nH]2)cc1. The van der Waals surface area contributed by atoms with E-state index in [4.69, 9.17) is 5.73 Å². The number of nitrogens with one attached hydrogen (secondary N) is 2. The number of benzene rings is 1. The Kier molecular flexibility index (Phi) is 4.30. The van der Waals surface area contributed by atoms with Gasteiger partial charge in [-0.1, -0.05) is 25.5 Å². The molecule has 5 nitrogen and oxygen atoms in total. The lowest BCUT2D eigenvalue weighted by Crippen LogP contribution is -2.35. The molecule has 0 saturated heterocycles. The van der Waals surface area contributed by atoms with Gasteiger partial charge in [0, 0.05) is 11.9 Å². The number of aromatic amines is 1. The van der Waals surface area contributed by atoms with E-state index in [0.717, 1.165) is 23.4 Å². The van der Waals surface area contributed by atoms with Crippen LogP contribution in [0.3, 0.4) is 0 Å². The molecule has 0 radical (unpaired) electrons. The van der Waals surface area contributed by atoms with E-state index in [9.17, 15) is 4.79 Å². The molecule has 1 aromatic carbocycles. The summed E-state index contributed by atoms with van der Waals surface area (Å²) in [5.41, 5.74) is 8.47. The predicted octanol–water partition coefficient (Wildman–Crippen LogP) is 2.14. The van der Waals surface area contributed by atoms with E-state index in [0.29, 0.717) is 6.42 Å². The fourth-order valence-electron chi connectivity index (χ4n) is 1.83. The van der Waals surface area contributed by atoms with Crippen LogP contribution in [0.15, 0.2) is 36.5 Å². The average Bonchev–Trinajstić information content (AvgIpc) is 2.94. The largest absolute Gasteiger partial charge is 0.325 e. The Labute approximate surface area is 112 Å². The molecule has 1 aromatic heterocycles. The molecule has 0 spiro atoms. The van der Waals surface area contributed by atoms with Crippen LogP contribution in [0.4, 0.5) is 5.69 Å². The van der Waals surface area contributed by atoms with Crippen molar-refractivity contribution in [3.63, 3.8) is 0 Å². The van der Waals surface area contributed by atoms with Gasteiger partial charge in [0.15, 0.2) is 0 Å². The minimum Gasteiger partial charge on any atom is -0.325 e. The predicted molar refractivity (Wildman–Crippen MR) is 75.5 cm³/mol. The summed E-state index contributed by atoms with van der Waals surface area (Å²) < 4.78 is 0. The summed E-state index contributed by atoms with van der Waals surface area (Å²) in [6.07, 6.45) is 3.29. The van der Waals surface area contributed by atoms with Crippen molar-refractivity contribution in [3.8, 4) is 11.3 Å². The maximum atomic E-state index is 11.8. The number of carbonyl (C=O) groups excluding carboxylic acids is 1. The van der Waals surface area contributed by atoms with E-state index < -0.39 is 6.04 Å². The molecule has 4 N–H and O–H groups in total. The molecule has 0 fully saturated rings. The Morgan fingerprint density at radius 1 is 1.37 bits per heavy atom. The van der Waals surface area contributed by atoms with Gasteiger partial charge in [0.25, 0.3) is 0 Å². The van der Waals surface area contributed by atoms with Crippen molar-refractivity contribution in [1.29, 1.82) is 0 Å². The number of nitrogens with zero attached hydrogens (tertiary/aromatic N) is 1. The highest BCUT2D eigenvalue weighted by atomic mass is 16.2. The second kappa shape index (κ2) is 6.15. The molecule has 2 rings (SSSR count). The number of carbonyl (C=O) groups is 1. The number of H-pyrrole nitrogens is 1. The molecule has 100 valence electrons. The van der Waals surface area contributed by atoms with Gasteiger partial charge in [-0.25, -0.2) is 0 Å². The summed E-state index contributed by atoms with van der Waals surface area (Å²) in [6, 6.07) is 9.00. The van der Waals surface area contributed by atoms with Gasteiger partial charge in [-0.05, 0) is 30.2 Å². The minimum atomic E-state index is -0.447. The van der Waals surface area contributed by atoms with Crippen molar-refractivity contribution < 1.29 is 4.79 Å². The molecule has 0 aliphatic carbocycles. The third kappa shape index (κ3) is 3.42. The summed E-state index contributed by atoms with van der Waals surface area (Å²) in [6.45, 7) is 2.01. The normalized spacial score (nSPS) is 12.1. The van der Waals surface area contributed by atoms with Crippen LogP contribution in [0, 0.1) is 0 Å². The lowest BCUT2D eigenvalue weighted by molar-refractivity contribution is -0.117. The van der Waals surface area contributed by atoms with Crippen LogP contribution in [0.2, 0.25) is 0 Å². The monoisotopic (exact) mass is 258 g/mol. The summed E-state index contributed by atoms with van der Waals surface area (Å²) in [4.78, 5) is 11.8. The maximum absolute atomic E-state index is 11.8. The van der Waals surface area contributed by atoms with Crippen LogP contribution in [-0.2, 0) is 4.79 Å². The lowest BCUT2D eigenvalue weighted by Gasteiger charge is -2.11.